The van der Waals surface area contributed by atoms with Crippen molar-refractivity contribution in [3.63, 3.8) is 0 Å². The van der Waals surface area contributed by atoms with Crippen LogP contribution < -0.4 is 0 Å². The minimum absolute atomic E-state index is 0.218. The summed E-state index contributed by atoms with van der Waals surface area (Å²) in [6.07, 6.45) is 5.74. The van der Waals surface area contributed by atoms with Crippen molar-refractivity contribution < 1.29 is 9.53 Å². The Morgan fingerprint density at radius 2 is 2.42 bits per heavy atom. The SMILES string of the molecule is CO[C@@]1(C)CC(=O)[C@@H]2CC=C[C@@H]21. The first-order valence-corrected chi connectivity index (χ1v) is 4.42. The molecule has 0 spiro atoms. The maximum atomic E-state index is 11.5. The lowest BCUT2D eigenvalue weighted by Crippen LogP contribution is -2.31. The average Bonchev–Trinajstić information content (AvgIpc) is 2.58. The van der Waals surface area contributed by atoms with Crippen molar-refractivity contribution in [1.82, 2.24) is 0 Å². The van der Waals surface area contributed by atoms with Crippen molar-refractivity contribution in [3.8, 4) is 0 Å². The fourth-order valence-corrected chi connectivity index (χ4v) is 2.42. The van der Waals surface area contributed by atoms with Gasteiger partial charge in [-0.15, -0.1) is 0 Å². The molecule has 1 fully saturated rings. The van der Waals surface area contributed by atoms with Crippen LogP contribution in [-0.2, 0) is 9.53 Å². The minimum Gasteiger partial charge on any atom is -0.377 e. The number of hydrogen-bond donors (Lipinski definition) is 0. The number of Topliss-reactive ketones (excluding diaryl/α,β-unsaturated/α-hetero) is 1. The second-order valence-corrected chi connectivity index (χ2v) is 3.96. The van der Waals surface area contributed by atoms with Crippen LogP contribution in [0.1, 0.15) is 19.8 Å². The summed E-state index contributed by atoms with van der Waals surface area (Å²) >= 11 is 0. The van der Waals surface area contributed by atoms with E-state index in [1.807, 2.05) is 6.92 Å². The predicted molar refractivity (Wildman–Crippen MR) is 45.8 cm³/mol. The summed E-state index contributed by atoms with van der Waals surface area (Å²) < 4.78 is 5.41. The number of rotatable bonds is 1. The number of hydrogen-bond acceptors (Lipinski definition) is 2. The maximum Gasteiger partial charge on any atom is 0.139 e. The van der Waals surface area contributed by atoms with Gasteiger partial charge in [-0.1, -0.05) is 12.2 Å². The van der Waals surface area contributed by atoms with Gasteiger partial charge in [0.2, 0.25) is 0 Å². The Morgan fingerprint density at radius 1 is 1.67 bits per heavy atom. The number of fused-ring (bicyclic) bond motifs is 1. The Morgan fingerprint density at radius 3 is 3.08 bits per heavy atom. The third-order valence-corrected chi connectivity index (χ3v) is 3.28. The van der Waals surface area contributed by atoms with Crippen molar-refractivity contribution in [1.29, 1.82) is 0 Å². The quantitative estimate of drug-likeness (QED) is 0.552. The van der Waals surface area contributed by atoms with Crippen LogP contribution in [-0.4, -0.2) is 18.5 Å². The summed E-state index contributed by atoms with van der Waals surface area (Å²) in [6, 6.07) is 0. The highest BCUT2D eigenvalue weighted by Crippen LogP contribution is 2.45. The molecule has 2 aliphatic rings. The largest absolute Gasteiger partial charge is 0.377 e. The summed E-state index contributed by atoms with van der Waals surface area (Å²) in [5, 5.41) is 0. The van der Waals surface area contributed by atoms with Gasteiger partial charge in [0.05, 0.1) is 5.60 Å². The van der Waals surface area contributed by atoms with Crippen LogP contribution in [0, 0.1) is 11.8 Å². The highest BCUT2D eigenvalue weighted by molar-refractivity contribution is 5.86. The number of ether oxygens (including phenoxy) is 1. The van der Waals surface area contributed by atoms with Gasteiger partial charge in [0.1, 0.15) is 5.78 Å². The molecule has 0 heterocycles. The fraction of sp³-hybridized carbons (Fsp3) is 0.700. The third kappa shape index (κ3) is 0.876. The van der Waals surface area contributed by atoms with E-state index in [1.54, 1.807) is 7.11 Å². The van der Waals surface area contributed by atoms with Gasteiger partial charge in [0.15, 0.2) is 0 Å². The second kappa shape index (κ2) is 2.43. The van der Waals surface area contributed by atoms with E-state index in [1.165, 1.54) is 0 Å². The van der Waals surface area contributed by atoms with Gasteiger partial charge >= 0.3 is 0 Å². The molecule has 3 atom stereocenters. The van der Waals surface area contributed by atoms with Crippen LogP contribution >= 0.6 is 0 Å². The number of ketones is 1. The van der Waals surface area contributed by atoms with Crippen molar-refractivity contribution in [2.45, 2.75) is 25.4 Å². The molecular weight excluding hydrogens is 152 g/mol. The van der Waals surface area contributed by atoms with E-state index in [9.17, 15) is 4.79 Å². The van der Waals surface area contributed by atoms with Gasteiger partial charge < -0.3 is 4.74 Å². The normalized spacial score (nSPS) is 45.3. The van der Waals surface area contributed by atoms with Crippen LogP contribution in [0.5, 0.6) is 0 Å². The van der Waals surface area contributed by atoms with Crippen LogP contribution in [0.2, 0.25) is 0 Å². The van der Waals surface area contributed by atoms with Crippen molar-refractivity contribution in [2.75, 3.05) is 7.11 Å². The Labute approximate surface area is 72.6 Å². The Bertz CT molecular complexity index is 244. The topological polar surface area (TPSA) is 26.3 Å². The summed E-state index contributed by atoms with van der Waals surface area (Å²) in [5.74, 6) is 0.916. The smallest absolute Gasteiger partial charge is 0.139 e. The first-order valence-electron chi connectivity index (χ1n) is 4.42. The zero-order chi connectivity index (χ0) is 8.77. The maximum absolute atomic E-state index is 11.5. The van der Waals surface area contributed by atoms with E-state index in [0.717, 1.165) is 6.42 Å². The second-order valence-electron chi connectivity index (χ2n) is 3.96. The zero-order valence-electron chi connectivity index (χ0n) is 7.54. The minimum atomic E-state index is -0.227. The van der Waals surface area contributed by atoms with Crippen LogP contribution in [0.4, 0.5) is 0 Å². The molecule has 66 valence electrons. The summed E-state index contributed by atoms with van der Waals surface area (Å²) in [7, 11) is 1.70. The van der Waals surface area contributed by atoms with E-state index in [0.29, 0.717) is 18.1 Å². The highest BCUT2D eigenvalue weighted by Gasteiger charge is 2.50. The molecule has 0 aromatic rings. The van der Waals surface area contributed by atoms with Crippen molar-refractivity contribution >= 4 is 5.78 Å². The molecule has 2 aliphatic carbocycles. The lowest BCUT2D eigenvalue weighted by atomic mass is 9.90. The standard InChI is InChI=1S/C10H14O2/c1-10(12-2)6-9(11)7-4-3-5-8(7)10/h3,5,7-8H,4,6H2,1-2H3/t7-,8+,10+/m1/s1. The highest BCUT2D eigenvalue weighted by atomic mass is 16.5. The molecule has 0 aliphatic heterocycles. The molecule has 12 heavy (non-hydrogen) atoms. The molecule has 0 saturated heterocycles. The van der Waals surface area contributed by atoms with Gasteiger partial charge in [-0.05, 0) is 13.3 Å². The zero-order valence-corrected chi connectivity index (χ0v) is 7.54. The predicted octanol–water partition coefficient (Wildman–Crippen LogP) is 1.56. The monoisotopic (exact) mass is 166 g/mol. The molecule has 0 N–H and O–H groups in total. The number of carbonyl (C=O) groups excluding carboxylic acids is 1. The van der Waals surface area contributed by atoms with E-state index < -0.39 is 0 Å². The van der Waals surface area contributed by atoms with Gasteiger partial charge in [0, 0.05) is 25.4 Å². The Balaban J connectivity index is 2.30. The van der Waals surface area contributed by atoms with E-state index in [4.69, 9.17) is 4.74 Å². The van der Waals surface area contributed by atoms with Gasteiger partial charge in [-0.3, -0.25) is 4.79 Å². The van der Waals surface area contributed by atoms with Gasteiger partial charge in [0.25, 0.3) is 0 Å². The Hall–Kier alpha value is -0.630. The van der Waals surface area contributed by atoms with Gasteiger partial charge in [-0.2, -0.15) is 0 Å². The number of methoxy groups -OCH3 is 1. The molecule has 0 bridgehead atoms. The van der Waals surface area contributed by atoms with Crippen LogP contribution in [0.15, 0.2) is 12.2 Å². The first kappa shape index (κ1) is 7.99. The molecule has 2 heteroatoms. The van der Waals surface area contributed by atoms with E-state index in [2.05, 4.69) is 12.2 Å². The van der Waals surface area contributed by atoms with Crippen LogP contribution in [0.3, 0.4) is 0 Å². The van der Waals surface area contributed by atoms with Crippen LogP contribution in [0.25, 0.3) is 0 Å². The van der Waals surface area contributed by atoms with E-state index >= 15 is 0 Å². The lowest BCUT2D eigenvalue weighted by molar-refractivity contribution is -0.121. The molecule has 0 radical (unpaired) electrons. The molecule has 2 nitrogen and oxygen atoms in total. The third-order valence-electron chi connectivity index (χ3n) is 3.28. The van der Waals surface area contributed by atoms with E-state index in [-0.39, 0.29) is 11.5 Å². The van der Waals surface area contributed by atoms with Gasteiger partial charge in [-0.25, -0.2) is 0 Å². The molecule has 2 rings (SSSR count). The number of carbonyl (C=O) groups is 1. The molecule has 1 saturated carbocycles. The Kier molecular flexibility index (Phi) is 1.62. The summed E-state index contributed by atoms with van der Waals surface area (Å²) in [6.45, 7) is 2.03. The fourth-order valence-electron chi connectivity index (χ4n) is 2.42. The first-order chi connectivity index (χ1) is 5.67. The summed E-state index contributed by atoms with van der Waals surface area (Å²) in [4.78, 5) is 11.5. The number of allylic oxidation sites excluding steroid dienone is 1. The van der Waals surface area contributed by atoms with Crippen molar-refractivity contribution in [3.05, 3.63) is 12.2 Å². The lowest BCUT2D eigenvalue weighted by Gasteiger charge is -2.27. The summed E-state index contributed by atoms with van der Waals surface area (Å²) in [5.41, 5.74) is -0.227. The molecule has 0 aromatic heterocycles. The molecule has 0 unspecified atom stereocenters. The van der Waals surface area contributed by atoms with Crippen molar-refractivity contribution in [2.24, 2.45) is 11.8 Å². The molecule has 0 amide bonds. The average molecular weight is 166 g/mol. The molecular formula is C10H14O2. The molecule has 0 aromatic carbocycles.